The van der Waals surface area contributed by atoms with Crippen LogP contribution in [0.5, 0.6) is 0 Å². The van der Waals surface area contributed by atoms with Gasteiger partial charge in [-0.15, -0.1) is 0 Å². The van der Waals surface area contributed by atoms with Gasteiger partial charge >= 0.3 is 0 Å². The van der Waals surface area contributed by atoms with Crippen LogP contribution in [-0.2, 0) is 0 Å². The zero-order valence-corrected chi connectivity index (χ0v) is 10.6. The summed E-state index contributed by atoms with van der Waals surface area (Å²) in [5.74, 6) is 8.05. The third-order valence-corrected chi connectivity index (χ3v) is 4.18. The van der Waals surface area contributed by atoms with Crippen molar-refractivity contribution in [1.82, 2.24) is 10.3 Å². The Balaban J connectivity index is 2.51. The van der Waals surface area contributed by atoms with Gasteiger partial charge in [0.25, 0.3) is 0 Å². The molecule has 1 heterocycles. The summed E-state index contributed by atoms with van der Waals surface area (Å²) in [6.07, 6.45) is 2.03. The number of likely N-dealkylation sites (N-methyl/N-ethyl adjacent to an activating group) is 1. The van der Waals surface area contributed by atoms with Crippen LogP contribution < -0.4 is 11.3 Å². The summed E-state index contributed by atoms with van der Waals surface area (Å²) in [5.41, 5.74) is 4.23. The normalized spacial score (nSPS) is 25.1. The maximum atomic E-state index is 5.64. The monoisotopic (exact) mass is 229 g/mol. The lowest BCUT2D eigenvalue weighted by atomic mass is 9.99. The highest BCUT2D eigenvalue weighted by Gasteiger charge is 2.27. The van der Waals surface area contributed by atoms with Gasteiger partial charge in [0.2, 0.25) is 0 Å². The molecule has 1 fully saturated rings. The Morgan fingerprint density at radius 2 is 2.47 bits per heavy atom. The van der Waals surface area contributed by atoms with Crippen molar-refractivity contribution in [3.05, 3.63) is 12.2 Å². The Labute approximate surface area is 97.4 Å². The molecule has 0 aromatic carbocycles. The molecule has 3 nitrogen and oxygen atoms in total. The molecule has 0 spiro atoms. The number of hydrazine groups is 1. The standard InChI is InChI=1S/C11H23N3S/c1-4-9(2)7-10(13-12)11-8-15-6-5-14(11)3/h10-11,13H,2,4-8,12H2,1,3H3. The Bertz CT molecular complexity index is 208. The number of nitrogens with one attached hydrogen (secondary N) is 1. The zero-order chi connectivity index (χ0) is 11.3. The molecule has 1 saturated heterocycles. The second kappa shape index (κ2) is 6.53. The largest absolute Gasteiger partial charge is 0.300 e. The molecule has 0 aromatic rings. The van der Waals surface area contributed by atoms with Crippen molar-refractivity contribution in [1.29, 1.82) is 0 Å². The number of thioether (sulfide) groups is 1. The predicted molar refractivity (Wildman–Crippen MR) is 68.9 cm³/mol. The molecule has 1 aliphatic rings. The first-order chi connectivity index (χ1) is 7.19. The fraction of sp³-hybridized carbons (Fsp3) is 0.818. The maximum absolute atomic E-state index is 5.64. The third-order valence-electron chi connectivity index (χ3n) is 3.13. The van der Waals surface area contributed by atoms with E-state index in [1.54, 1.807) is 0 Å². The van der Waals surface area contributed by atoms with Gasteiger partial charge in [-0.25, -0.2) is 0 Å². The molecule has 2 atom stereocenters. The number of hydrogen-bond acceptors (Lipinski definition) is 4. The molecule has 0 radical (unpaired) electrons. The van der Waals surface area contributed by atoms with E-state index in [1.807, 2.05) is 11.8 Å². The average Bonchev–Trinajstić information content (AvgIpc) is 2.26. The van der Waals surface area contributed by atoms with E-state index in [-0.39, 0.29) is 0 Å². The Morgan fingerprint density at radius 3 is 3.00 bits per heavy atom. The van der Waals surface area contributed by atoms with Crippen molar-refractivity contribution in [3.8, 4) is 0 Å². The van der Waals surface area contributed by atoms with Gasteiger partial charge in [-0.2, -0.15) is 11.8 Å². The van der Waals surface area contributed by atoms with Crippen LogP contribution in [0.15, 0.2) is 12.2 Å². The first kappa shape index (κ1) is 13.0. The molecule has 0 saturated carbocycles. The van der Waals surface area contributed by atoms with Crippen LogP contribution in [-0.4, -0.2) is 42.1 Å². The first-order valence-corrected chi connectivity index (χ1v) is 6.75. The van der Waals surface area contributed by atoms with Gasteiger partial charge in [0.05, 0.1) is 0 Å². The van der Waals surface area contributed by atoms with E-state index in [0.29, 0.717) is 12.1 Å². The molecular weight excluding hydrogens is 206 g/mol. The first-order valence-electron chi connectivity index (χ1n) is 5.59. The minimum absolute atomic E-state index is 0.343. The fourth-order valence-electron chi connectivity index (χ4n) is 1.89. The molecule has 1 aliphatic heterocycles. The number of nitrogens with zero attached hydrogens (tertiary/aromatic N) is 1. The van der Waals surface area contributed by atoms with E-state index in [9.17, 15) is 0 Å². The lowest BCUT2D eigenvalue weighted by molar-refractivity contribution is 0.213. The minimum Gasteiger partial charge on any atom is -0.300 e. The molecule has 0 aromatic heterocycles. The highest BCUT2D eigenvalue weighted by molar-refractivity contribution is 7.99. The van der Waals surface area contributed by atoms with Crippen LogP contribution in [0, 0.1) is 0 Å². The molecule has 0 amide bonds. The van der Waals surface area contributed by atoms with E-state index in [4.69, 9.17) is 5.84 Å². The second-order valence-corrected chi connectivity index (χ2v) is 5.35. The molecule has 88 valence electrons. The van der Waals surface area contributed by atoms with Crippen molar-refractivity contribution in [2.45, 2.75) is 31.8 Å². The minimum atomic E-state index is 0.343. The summed E-state index contributed by atoms with van der Waals surface area (Å²) in [6.45, 7) is 7.37. The lowest BCUT2D eigenvalue weighted by Crippen LogP contribution is -2.54. The van der Waals surface area contributed by atoms with Crippen LogP contribution >= 0.6 is 11.8 Å². The van der Waals surface area contributed by atoms with Crippen LogP contribution in [0.2, 0.25) is 0 Å². The van der Waals surface area contributed by atoms with Gasteiger partial charge < -0.3 is 4.90 Å². The van der Waals surface area contributed by atoms with Crippen LogP contribution in [0.25, 0.3) is 0 Å². The Hall–Kier alpha value is -0.0300. The van der Waals surface area contributed by atoms with Crippen molar-refractivity contribution in [3.63, 3.8) is 0 Å². The fourth-order valence-corrected chi connectivity index (χ4v) is 3.20. The highest BCUT2D eigenvalue weighted by Crippen LogP contribution is 2.20. The quantitative estimate of drug-likeness (QED) is 0.422. The topological polar surface area (TPSA) is 41.3 Å². The molecule has 4 heteroatoms. The second-order valence-electron chi connectivity index (χ2n) is 4.20. The summed E-state index contributed by atoms with van der Waals surface area (Å²) < 4.78 is 0. The smallest absolute Gasteiger partial charge is 0.0411 e. The van der Waals surface area contributed by atoms with E-state index < -0.39 is 0 Å². The van der Waals surface area contributed by atoms with Gasteiger partial charge in [-0.1, -0.05) is 19.1 Å². The van der Waals surface area contributed by atoms with Gasteiger partial charge in [-0.05, 0) is 19.9 Å². The maximum Gasteiger partial charge on any atom is 0.0411 e. The van der Waals surface area contributed by atoms with Gasteiger partial charge in [0.15, 0.2) is 0 Å². The van der Waals surface area contributed by atoms with Crippen molar-refractivity contribution in [2.24, 2.45) is 5.84 Å². The number of rotatable bonds is 5. The van der Waals surface area contributed by atoms with Gasteiger partial charge in [-0.3, -0.25) is 11.3 Å². The van der Waals surface area contributed by atoms with E-state index in [0.717, 1.165) is 19.4 Å². The highest BCUT2D eigenvalue weighted by atomic mass is 32.2. The Morgan fingerprint density at radius 1 is 1.73 bits per heavy atom. The van der Waals surface area contributed by atoms with Gasteiger partial charge in [0.1, 0.15) is 0 Å². The van der Waals surface area contributed by atoms with E-state index in [2.05, 4.69) is 30.9 Å². The van der Waals surface area contributed by atoms with Crippen molar-refractivity contribution >= 4 is 11.8 Å². The van der Waals surface area contributed by atoms with Crippen LogP contribution in [0.3, 0.4) is 0 Å². The van der Waals surface area contributed by atoms with Crippen LogP contribution in [0.4, 0.5) is 0 Å². The molecule has 0 aliphatic carbocycles. The molecule has 3 N–H and O–H groups in total. The Kier molecular flexibility index (Phi) is 5.68. The summed E-state index contributed by atoms with van der Waals surface area (Å²) in [4.78, 5) is 2.41. The lowest BCUT2D eigenvalue weighted by Gasteiger charge is -2.37. The molecule has 0 bridgehead atoms. The molecular formula is C11H23N3S. The molecule has 2 unspecified atom stereocenters. The SMILES string of the molecule is C=C(CC)CC(NN)C1CSCCN1C. The molecule has 15 heavy (non-hydrogen) atoms. The van der Waals surface area contributed by atoms with Crippen molar-refractivity contribution < 1.29 is 0 Å². The average molecular weight is 229 g/mol. The van der Waals surface area contributed by atoms with Crippen molar-refractivity contribution in [2.75, 3.05) is 25.1 Å². The van der Waals surface area contributed by atoms with E-state index >= 15 is 0 Å². The predicted octanol–water partition coefficient (Wildman–Crippen LogP) is 1.22. The van der Waals surface area contributed by atoms with E-state index in [1.165, 1.54) is 17.1 Å². The molecule has 1 rings (SSSR count). The summed E-state index contributed by atoms with van der Waals surface area (Å²) >= 11 is 2.02. The van der Waals surface area contributed by atoms with Gasteiger partial charge in [0, 0.05) is 30.1 Å². The van der Waals surface area contributed by atoms with Crippen LogP contribution in [0.1, 0.15) is 19.8 Å². The third kappa shape index (κ3) is 3.79. The summed E-state index contributed by atoms with van der Waals surface area (Å²) in [7, 11) is 2.18. The zero-order valence-electron chi connectivity index (χ0n) is 9.83. The summed E-state index contributed by atoms with van der Waals surface area (Å²) in [5, 5.41) is 0. The number of nitrogens with two attached hydrogens (primary N) is 1. The number of hydrogen-bond donors (Lipinski definition) is 2. The summed E-state index contributed by atoms with van der Waals surface area (Å²) in [6, 6.07) is 0.882.